The number of nitrogens with one attached hydrogen (secondary N) is 1. The van der Waals surface area contributed by atoms with Gasteiger partial charge in [0.25, 0.3) is 0 Å². The third kappa shape index (κ3) is 2.76. The molecule has 0 atom stereocenters. The first-order valence-corrected chi connectivity index (χ1v) is 6.72. The molecule has 0 unspecified atom stereocenters. The van der Waals surface area contributed by atoms with Gasteiger partial charge in [0, 0.05) is 6.04 Å². The lowest BCUT2D eigenvalue weighted by atomic mass is 10.0. The van der Waals surface area contributed by atoms with Crippen LogP contribution in [0.5, 0.6) is 0 Å². The van der Waals surface area contributed by atoms with Gasteiger partial charge in [-0.1, -0.05) is 12.1 Å². The zero-order valence-electron chi connectivity index (χ0n) is 11.2. The molecule has 0 saturated carbocycles. The predicted molar refractivity (Wildman–Crippen MR) is 75.5 cm³/mol. The molecular formula is C14H19N5. The molecule has 5 heteroatoms. The molecule has 2 aromatic rings. The second-order valence-electron chi connectivity index (χ2n) is 5.08. The summed E-state index contributed by atoms with van der Waals surface area (Å²) < 4.78 is 1.80. The number of anilines is 1. The second kappa shape index (κ2) is 5.40. The monoisotopic (exact) mass is 257 g/mol. The van der Waals surface area contributed by atoms with Gasteiger partial charge in [-0.05, 0) is 45.1 Å². The summed E-state index contributed by atoms with van der Waals surface area (Å²) in [5, 5.41) is 7.85. The molecule has 19 heavy (non-hydrogen) atoms. The summed E-state index contributed by atoms with van der Waals surface area (Å²) >= 11 is 0. The molecule has 1 fully saturated rings. The van der Waals surface area contributed by atoms with Crippen LogP contribution in [0.4, 0.5) is 5.69 Å². The quantitative estimate of drug-likeness (QED) is 0.910. The van der Waals surface area contributed by atoms with E-state index < -0.39 is 0 Å². The number of piperidine rings is 1. The lowest BCUT2D eigenvalue weighted by Gasteiger charge is -2.30. The number of rotatable bonds is 3. The number of likely N-dealkylation sites (tertiary alicyclic amines) is 1. The summed E-state index contributed by atoms with van der Waals surface area (Å²) in [5.74, 6) is 0. The second-order valence-corrected chi connectivity index (χ2v) is 5.08. The van der Waals surface area contributed by atoms with Crippen LogP contribution in [0.3, 0.4) is 0 Å². The van der Waals surface area contributed by atoms with Gasteiger partial charge in [-0.25, -0.2) is 9.67 Å². The van der Waals surface area contributed by atoms with E-state index in [4.69, 9.17) is 0 Å². The molecule has 0 bridgehead atoms. The van der Waals surface area contributed by atoms with E-state index in [0.29, 0.717) is 6.04 Å². The smallest absolute Gasteiger partial charge is 0.138 e. The van der Waals surface area contributed by atoms with Crippen molar-refractivity contribution >= 4 is 5.69 Å². The predicted octanol–water partition coefficient (Wildman–Crippen LogP) is 1.77. The molecule has 1 aliphatic rings. The molecule has 1 aromatic carbocycles. The minimum absolute atomic E-state index is 0.542. The van der Waals surface area contributed by atoms with Gasteiger partial charge in [0.1, 0.15) is 12.7 Å². The minimum Gasteiger partial charge on any atom is -0.380 e. The van der Waals surface area contributed by atoms with E-state index in [9.17, 15) is 0 Å². The fourth-order valence-corrected chi connectivity index (χ4v) is 2.50. The zero-order chi connectivity index (χ0) is 13.1. The summed E-state index contributed by atoms with van der Waals surface area (Å²) in [6.45, 7) is 2.31. The van der Waals surface area contributed by atoms with Crippen LogP contribution in [0.25, 0.3) is 5.69 Å². The van der Waals surface area contributed by atoms with Gasteiger partial charge in [-0.2, -0.15) is 5.10 Å². The number of hydrogen-bond acceptors (Lipinski definition) is 4. The maximum absolute atomic E-state index is 4.21. The normalized spacial score (nSPS) is 17.5. The Balaban J connectivity index is 1.78. The minimum atomic E-state index is 0.542. The van der Waals surface area contributed by atoms with Crippen molar-refractivity contribution in [1.82, 2.24) is 19.7 Å². The summed E-state index contributed by atoms with van der Waals surface area (Å²) in [7, 11) is 2.18. The van der Waals surface area contributed by atoms with Gasteiger partial charge in [0.05, 0.1) is 11.4 Å². The van der Waals surface area contributed by atoms with Crippen LogP contribution < -0.4 is 5.32 Å². The number of nitrogens with zero attached hydrogens (tertiary/aromatic N) is 4. The lowest BCUT2D eigenvalue weighted by Crippen LogP contribution is -2.36. The molecule has 5 nitrogen and oxygen atoms in total. The van der Waals surface area contributed by atoms with E-state index in [1.165, 1.54) is 12.8 Å². The highest BCUT2D eigenvalue weighted by Gasteiger charge is 2.17. The summed E-state index contributed by atoms with van der Waals surface area (Å²) in [4.78, 5) is 6.39. The lowest BCUT2D eigenvalue weighted by molar-refractivity contribution is 0.264. The van der Waals surface area contributed by atoms with Crippen molar-refractivity contribution in [2.24, 2.45) is 0 Å². The number of para-hydroxylation sites is 2. The van der Waals surface area contributed by atoms with Crippen LogP contribution in [-0.4, -0.2) is 45.8 Å². The molecule has 1 aromatic heterocycles. The molecule has 3 rings (SSSR count). The average Bonchev–Trinajstić information content (AvgIpc) is 2.96. The summed E-state index contributed by atoms with van der Waals surface area (Å²) in [5.41, 5.74) is 2.18. The Kier molecular flexibility index (Phi) is 3.46. The van der Waals surface area contributed by atoms with Gasteiger partial charge in [-0.3, -0.25) is 0 Å². The molecule has 0 aliphatic carbocycles. The van der Waals surface area contributed by atoms with E-state index in [1.807, 2.05) is 6.07 Å². The van der Waals surface area contributed by atoms with E-state index in [2.05, 4.69) is 45.5 Å². The Morgan fingerprint density at radius 3 is 2.74 bits per heavy atom. The van der Waals surface area contributed by atoms with Crippen LogP contribution in [0.1, 0.15) is 12.8 Å². The largest absolute Gasteiger partial charge is 0.380 e. The van der Waals surface area contributed by atoms with Crippen LogP contribution in [0, 0.1) is 0 Å². The van der Waals surface area contributed by atoms with Crippen molar-refractivity contribution in [2.75, 3.05) is 25.5 Å². The van der Waals surface area contributed by atoms with Gasteiger partial charge in [0.2, 0.25) is 0 Å². The third-order valence-corrected chi connectivity index (χ3v) is 3.65. The van der Waals surface area contributed by atoms with Crippen molar-refractivity contribution in [1.29, 1.82) is 0 Å². The fraction of sp³-hybridized carbons (Fsp3) is 0.429. The standard InChI is InChI=1S/C14H19N5/c1-18-8-6-12(7-9-18)17-13-4-2-3-5-14(13)19-11-15-10-16-19/h2-5,10-12,17H,6-9H2,1H3. The molecule has 0 radical (unpaired) electrons. The van der Waals surface area contributed by atoms with E-state index >= 15 is 0 Å². The maximum atomic E-state index is 4.21. The Labute approximate surface area is 113 Å². The topological polar surface area (TPSA) is 46.0 Å². The maximum Gasteiger partial charge on any atom is 0.138 e. The van der Waals surface area contributed by atoms with Crippen molar-refractivity contribution in [3.8, 4) is 5.69 Å². The molecule has 2 heterocycles. The first-order chi connectivity index (χ1) is 9.33. The van der Waals surface area contributed by atoms with Gasteiger partial charge in [0.15, 0.2) is 0 Å². The summed E-state index contributed by atoms with van der Waals surface area (Å²) in [6.07, 6.45) is 5.66. The van der Waals surface area contributed by atoms with Gasteiger partial charge >= 0.3 is 0 Å². The Morgan fingerprint density at radius 1 is 1.21 bits per heavy atom. The highest BCUT2D eigenvalue weighted by Crippen LogP contribution is 2.22. The molecule has 100 valence electrons. The Morgan fingerprint density at radius 2 is 2.00 bits per heavy atom. The highest BCUT2D eigenvalue weighted by atomic mass is 15.3. The molecule has 1 saturated heterocycles. The van der Waals surface area contributed by atoms with Crippen LogP contribution in [0.15, 0.2) is 36.9 Å². The van der Waals surface area contributed by atoms with E-state index in [0.717, 1.165) is 24.5 Å². The van der Waals surface area contributed by atoms with Crippen LogP contribution in [0.2, 0.25) is 0 Å². The average molecular weight is 257 g/mol. The molecule has 1 N–H and O–H groups in total. The zero-order valence-corrected chi connectivity index (χ0v) is 11.2. The number of benzene rings is 1. The van der Waals surface area contributed by atoms with Crippen molar-refractivity contribution in [2.45, 2.75) is 18.9 Å². The first kappa shape index (κ1) is 12.2. The van der Waals surface area contributed by atoms with Gasteiger partial charge in [-0.15, -0.1) is 0 Å². The van der Waals surface area contributed by atoms with E-state index in [-0.39, 0.29) is 0 Å². The highest BCUT2D eigenvalue weighted by molar-refractivity contribution is 5.60. The SMILES string of the molecule is CN1CCC(Nc2ccccc2-n2cncn2)CC1. The molecule has 0 spiro atoms. The molecule has 1 aliphatic heterocycles. The molecule has 0 amide bonds. The Hall–Kier alpha value is -1.88. The molecular weight excluding hydrogens is 238 g/mol. The number of aromatic nitrogens is 3. The number of hydrogen-bond donors (Lipinski definition) is 1. The van der Waals surface area contributed by atoms with Crippen molar-refractivity contribution < 1.29 is 0 Å². The van der Waals surface area contributed by atoms with E-state index in [1.54, 1.807) is 17.3 Å². The van der Waals surface area contributed by atoms with Gasteiger partial charge < -0.3 is 10.2 Å². The summed E-state index contributed by atoms with van der Waals surface area (Å²) in [6, 6.07) is 8.79. The van der Waals surface area contributed by atoms with Crippen molar-refractivity contribution in [3.05, 3.63) is 36.9 Å². The third-order valence-electron chi connectivity index (χ3n) is 3.65. The van der Waals surface area contributed by atoms with Crippen LogP contribution >= 0.6 is 0 Å². The fourth-order valence-electron chi connectivity index (χ4n) is 2.50. The van der Waals surface area contributed by atoms with Crippen LogP contribution in [-0.2, 0) is 0 Å². The Bertz CT molecular complexity index is 514. The first-order valence-electron chi connectivity index (χ1n) is 6.72. The van der Waals surface area contributed by atoms with Crippen molar-refractivity contribution in [3.63, 3.8) is 0 Å².